The number of nitrogens with one attached hydrogen (secondary N) is 1. The number of hydrogen-bond donors (Lipinski definition) is 1. The van der Waals surface area contributed by atoms with Crippen LogP contribution in [0.5, 0.6) is 0 Å². The van der Waals surface area contributed by atoms with E-state index in [1.165, 1.54) is 15.9 Å². The first kappa shape index (κ1) is 18.3. The van der Waals surface area contributed by atoms with Crippen LogP contribution in [-0.4, -0.2) is 15.6 Å². The number of carbonyl (C=O) groups is 1. The van der Waals surface area contributed by atoms with Gasteiger partial charge in [-0.15, -0.1) is 11.3 Å². The number of anilines is 1. The van der Waals surface area contributed by atoms with Crippen molar-refractivity contribution in [2.45, 2.75) is 16.3 Å². The van der Waals surface area contributed by atoms with Crippen LogP contribution in [0.25, 0.3) is 10.7 Å². The number of hydrogen-bond acceptors (Lipinski definition) is 6. The SMILES string of the molecule is O=C(Cn1c(-c2cccs2)noc1=O)Nc1ccccc1Sc1ccccc1. The molecule has 4 rings (SSSR count). The van der Waals surface area contributed by atoms with E-state index >= 15 is 0 Å². The number of rotatable bonds is 6. The van der Waals surface area contributed by atoms with E-state index in [0.717, 1.165) is 14.7 Å². The molecule has 140 valence electrons. The highest BCUT2D eigenvalue weighted by atomic mass is 32.2. The van der Waals surface area contributed by atoms with Gasteiger partial charge in [0.2, 0.25) is 5.91 Å². The van der Waals surface area contributed by atoms with Crippen LogP contribution in [0.2, 0.25) is 0 Å². The summed E-state index contributed by atoms with van der Waals surface area (Å²) in [5.41, 5.74) is 0.684. The topological polar surface area (TPSA) is 77.1 Å². The molecule has 2 aromatic carbocycles. The standard InChI is InChI=1S/C20H15N3O3S2/c24-18(13-23-19(22-26-20(23)25)17-11-6-12-27-17)21-15-9-4-5-10-16(15)28-14-7-2-1-3-8-14/h1-12H,13H2,(H,21,24). The van der Waals surface area contributed by atoms with Crippen LogP contribution in [0.15, 0.2) is 91.2 Å². The molecule has 1 amide bonds. The molecule has 1 N–H and O–H groups in total. The van der Waals surface area contributed by atoms with Crippen LogP contribution >= 0.6 is 23.1 Å². The minimum atomic E-state index is -0.662. The van der Waals surface area contributed by atoms with Crippen LogP contribution in [0.3, 0.4) is 0 Å². The third kappa shape index (κ3) is 4.08. The summed E-state index contributed by atoms with van der Waals surface area (Å²) in [5, 5.41) is 8.55. The van der Waals surface area contributed by atoms with Crippen molar-refractivity contribution in [3.05, 3.63) is 82.7 Å². The maximum Gasteiger partial charge on any atom is 0.442 e. The molecule has 0 aliphatic carbocycles. The Kier molecular flexibility index (Phi) is 5.41. The average Bonchev–Trinajstić information content (AvgIpc) is 3.35. The van der Waals surface area contributed by atoms with E-state index < -0.39 is 5.76 Å². The van der Waals surface area contributed by atoms with E-state index in [9.17, 15) is 9.59 Å². The van der Waals surface area contributed by atoms with Gasteiger partial charge in [-0.05, 0) is 35.7 Å². The second-order valence-electron chi connectivity index (χ2n) is 5.79. The average molecular weight is 409 g/mol. The van der Waals surface area contributed by atoms with Crippen molar-refractivity contribution in [2.75, 3.05) is 5.32 Å². The van der Waals surface area contributed by atoms with Crippen molar-refractivity contribution in [3.63, 3.8) is 0 Å². The number of benzene rings is 2. The Morgan fingerprint density at radius 3 is 2.64 bits per heavy atom. The zero-order valence-electron chi connectivity index (χ0n) is 14.6. The zero-order chi connectivity index (χ0) is 19.3. The molecule has 2 aromatic heterocycles. The molecule has 6 nitrogen and oxygen atoms in total. The highest BCUT2D eigenvalue weighted by Crippen LogP contribution is 2.33. The molecule has 0 saturated heterocycles. The van der Waals surface area contributed by atoms with E-state index in [-0.39, 0.29) is 12.5 Å². The predicted octanol–water partition coefficient (Wildman–Crippen LogP) is 4.35. The monoisotopic (exact) mass is 409 g/mol. The van der Waals surface area contributed by atoms with Gasteiger partial charge >= 0.3 is 5.76 Å². The van der Waals surface area contributed by atoms with E-state index in [2.05, 4.69) is 10.5 Å². The zero-order valence-corrected chi connectivity index (χ0v) is 16.2. The van der Waals surface area contributed by atoms with Gasteiger partial charge in [0.05, 0.1) is 10.6 Å². The molecule has 28 heavy (non-hydrogen) atoms. The molecule has 0 aliphatic rings. The fourth-order valence-corrected chi connectivity index (χ4v) is 4.23. The summed E-state index contributed by atoms with van der Waals surface area (Å²) < 4.78 is 5.98. The Balaban J connectivity index is 1.53. The van der Waals surface area contributed by atoms with E-state index in [1.807, 2.05) is 72.1 Å². The van der Waals surface area contributed by atoms with Crippen LogP contribution in [-0.2, 0) is 11.3 Å². The maximum atomic E-state index is 12.6. The summed E-state index contributed by atoms with van der Waals surface area (Å²) in [4.78, 5) is 27.3. The molecule has 8 heteroatoms. The quantitative estimate of drug-likeness (QED) is 0.512. The van der Waals surface area contributed by atoms with Crippen LogP contribution < -0.4 is 11.1 Å². The van der Waals surface area contributed by atoms with Gasteiger partial charge in [0.15, 0.2) is 5.82 Å². The number of para-hydroxylation sites is 1. The molecule has 2 heterocycles. The Labute approximate surface area is 168 Å². The van der Waals surface area contributed by atoms with E-state index in [1.54, 1.807) is 11.8 Å². The summed E-state index contributed by atoms with van der Waals surface area (Å²) in [6, 6.07) is 21.1. The minimum Gasteiger partial charge on any atom is -0.323 e. The van der Waals surface area contributed by atoms with Crippen molar-refractivity contribution in [1.29, 1.82) is 0 Å². The number of nitrogens with zero attached hydrogens (tertiary/aromatic N) is 2. The molecule has 0 atom stereocenters. The number of amides is 1. The van der Waals surface area contributed by atoms with Gasteiger partial charge < -0.3 is 5.32 Å². The van der Waals surface area contributed by atoms with Gasteiger partial charge in [0, 0.05) is 9.79 Å². The Hall–Kier alpha value is -3.10. The minimum absolute atomic E-state index is 0.181. The van der Waals surface area contributed by atoms with Gasteiger partial charge in [-0.25, -0.2) is 9.36 Å². The summed E-state index contributed by atoms with van der Waals surface area (Å²) >= 11 is 2.98. The third-order valence-corrected chi connectivity index (χ3v) is 5.81. The molecule has 0 spiro atoms. The van der Waals surface area contributed by atoms with Gasteiger partial charge in [-0.2, -0.15) is 0 Å². The molecule has 0 saturated carbocycles. The van der Waals surface area contributed by atoms with Crippen molar-refractivity contribution >= 4 is 34.7 Å². The smallest absolute Gasteiger partial charge is 0.323 e. The molecular formula is C20H15N3O3S2. The van der Waals surface area contributed by atoms with Crippen LogP contribution in [0.1, 0.15) is 0 Å². The summed E-state index contributed by atoms with van der Waals surface area (Å²) in [5.74, 6) is -0.642. The van der Waals surface area contributed by atoms with Gasteiger partial charge in [-0.1, -0.05) is 53.3 Å². The molecule has 0 bridgehead atoms. The first-order valence-corrected chi connectivity index (χ1v) is 10.1. The van der Waals surface area contributed by atoms with Crippen LogP contribution in [0.4, 0.5) is 5.69 Å². The number of aromatic nitrogens is 2. The van der Waals surface area contributed by atoms with Crippen molar-refractivity contribution < 1.29 is 9.32 Å². The maximum absolute atomic E-state index is 12.6. The molecule has 0 unspecified atom stereocenters. The number of carbonyl (C=O) groups excluding carboxylic acids is 1. The van der Waals surface area contributed by atoms with Crippen LogP contribution in [0, 0.1) is 0 Å². The highest BCUT2D eigenvalue weighted by Gasteiger charge is 2.17. The second kappa shape index (κ2) is 8.28. The van der Waals surface area contributed by atoms with Crippen molar-refractivity contribution in [2.24, 2.45) is 0 Å². The summed E-state index contributed by atoms with van der Waals surface area (Å²) in [6.45, 7) is -0.181. The lowest BCUT2D eigenvalue weighted by Crippen LogP contribution is -2.25. The summed E-state index contributed by atoms with van der Waals surface area (Å²) in [6.07, 6.45) is 0. The summed E-state index contributed by atoms with van der Waals surface area (Å²) in [7, 11) is 0. The van der Waals surface area contributed by atoms with Gasteiger partial charge in [0.1, 0.15) is 6.54 Å². The highest BCUT2D eigenvalue weighted by molar-refractivity contribution is 7.99. The lowest BCUT2D eigenvalue weighted by molar-refractivity contribution is -0.116. The lowest BCUT2D eigenvalue weighted by atomic mass is 10.3. The predicted molar refractivity (Wildman–Crippen MR) is 110 cm³/mol. The van der Waals surface area contributed by atoms with Crippen molar-refractivity contribution in [1.82, 2.24) is 9.72 Å². The molecule has 0 fully saturated rings. The molecule has 4 aromatic rings. The third-order valence-electron chi connectivity index (χ3n) is 3.86. The first-order chi connectivity index (χ1) is 13.7. The van der Waals surface area contributed by atoms with E-state index in [0.29, 0.717) is 11.5 Å². The molecule has 0 radical (unpaired) electrons. The van der Waals surface area contributed by atoms with Gasteiger partial charge in [-0.3, -0.25) is 9.32 Å². The number of thiophene rings is 1. The fourth-order valence-electron chi connectivity index (χ4n) is 2.60. The van der Waals surface area contributed by atoms with E-state index in [4.69, 9.17) is 4.52 Å². The normalized spacial score (nSPS) is 10.7. The van der Waals surface area contributed by atoms with Gasteiger partial charge in [0.25, 0.3) is 0 Å². The molecule has 0 aliphatic heterocycles. The first-order valence-electron chi connectivity index (χ1n) is 8.43. The Morgan fingerprint density at radius 2 is 1.86 bits per heavy atom. The largest absolute Gasteiger partial charge is 0.442 e. The van der Waals surface area contributed by atoms with Crippen molar-refractivity contribution in [3.8, 4) is 10.7 Å². The molecular weight excluding hydrogens is 394 g/mol. The Morgan fingerprint density at radius 1 is 1.07 bits per heavy atom. The second-order valence-corrected chi connectivity index (χ2v) is 7.86. The Bertz CT molecular complexity index is 1130. The fraction of sp³-hybridized carbons (Fsp3) is 0.0500. The lowest BCUT2D eigenvalue weighted by Gasteiger charge is -2.11.